The molecule has 1 unspecified atom stereocenters. The summed E-state index contributed by atoms with van der Waals surface area (Å²) in [5.41, 5.74) is -0.515. The van der Waals surface area contributed by atoms with Crippen LogP contribution in [0.25, 0.3) is 0 Å². The van der Waals surface area contributed by atoms with Gasteiger partial charge in [0, 0.05) is 26.9 Å². The molecule has 3 aliphatic rings. The SMILES string of the molecule is COC1CCC(O)(C2CCOC3(CCOCC3)C2)CC1. The van der Waals surface area contributed by atoms with Crippen molar-refractivity contribution < 1.29 is 19.3 Å². The van der Waals surface area contributed by atoms with Crippen molar-refractivity contribution in [3.63, 3.8) is 0 Å². The van der Waals surface area contributed by atoms with Crippen molar-refractivity contribution in [3.8, 4) is 0 Å². The maximum absolute atomic E-state index is 11.1. The van der Waals surface area contributed by atoms with Gasteiger partial charge in [0.05, 0.1) is 17.3 Å². The molecule has 4 nitrogen and oxygen atoms in total. The molecule has 4 heteroatoms. The summed E-state index contributed by atoms with van der Waals surface area (Å²) in [6.07, 6.45) is 8.04. The van der Waals surface area contributed by atoms with E-state index < -0.39 is 5.60 Å². The molecule has 116 valence electrons. The number of hydrogen-bond acceptors (Lipinski definition) is 4. The van der Waals surface area contributed by atoms with E-state index in [0.717, 1.165) is 71.2 Å². The van der Waals surface area contributed by atoms with Gasteiger partial charge in [0.15, 0.2) is 0 Å². The van der Waals surface area contributed by atoms with Crippen molar-refractivity contribution in [1.29, 1.82) is 0 Å². The Bertz CT molecular complexity index is 311. The zero-order valence-corrected chi connectivity index (χ0v) is 12.6. The van der Waals surface area contributed by atoms with Crippen LogP contribution in [0.1, 0.15) is 51.4 Å². The Labute approximate surface area is 121 Å². The zero-order valence-electron chi connectivity index (χ0n) is 12.6. The first kappa shape index (κ1) is 14.8. The normalized spacial score (nSPS) is 41.7. The molecular weight excluding hydrogens is 256 g/mol. The molecule has 1 saturated carbocycles. The number of hydrogen-bond donors (Lipinski definition) is 1. The second-order valence-corrected chi connectivity index (χ2v) is 6.87. The molecule has 0 aromatic heterocycles. The predicted molar refractivity (Wildman–Crippen MR) is 75.7 cm³/mol. The fourth-order valence-corrected chi connectivity index (χ4v) is 4.31. The minimum absolute atomic E-state index is 0.0188. The quantitative estimate of drug-likeness (QED) is 0.845. The number of aliphatic hydroxyl groups is 1. The lowest BCUT2D eigenvalue weighted by Crippen LogP contribution is -2.52. The topological polar surface area (TPSA) is 47.9 Å². The maximum atomic E-state index is 11.1. The van der Waals surface area contributed by atoms with Gasteiger partial charge in [-0.3, -0.25) is 0 Å². The first-order valence-corrected chi connectivity index (χ1v) is 8.13. The zero-order chi connectivity index (χ0) is 14.1. The van der Waals surface area contributed by atoms with Crippen LogP contribution in [-0.4, -0.2) is 49.3 Å². The smallest absolute Gasteiger partial charge is 0.0730 e. The summed E-state index contributed by atoms with van der Waals surface area (Å²) in [5.74, 6) is 0.382. The third-order valence-electron chi connectivity index (χ3n) is 5.79. The summed E-state index contributed by atoms with van der Waals surface area (Å²) in [6, 6.07) is 0. The highest BCUT2D eigenvalue weighted by molar-refractivity contribution is 4.98. The molecule has 2 saturated heterocycles. The van der Waals surface area contributed by atoms with Crippen LogP contribution in [0.15, 0.2) is 0 Å². The van der Waals surface area contributed by atoms with Crippen LogP contribution in [0.5, 0.6) is 0 Å². The molecule has 1 spiro atoms. The van der Waals surface area contributed by atoms with Gasteiger partial charge in [-0.15, -0.1) is 0 Å². The van der Waals surface area contributed by atoms with Crippen molar-refractivity contribution in [1.82, 2.24) is 0 Å². The molecule has 0 aromatic rings. The molecule has 3 fully saturated rings. The molecule has 2 heterocycles. The van der Waals surface area contributed by atoms with Gasteiger partial charge >= 0.3 is 0 Å². The Morgan fingerprint density at radius 3 is 2.35 bits per heavy atom. The highest BCUT2D eigenvalue weighted by Gasteiger charge is 2.47. The van der Waals surface area contributed by atoms with E-state index in [1.165, 1.54) is 0 Å². The Morgan fingerprint density at radius 2 is 1.70 bits per heavy atom. The molecule has 3 rings (SSSR count). The lowest BCUT2D eigenvalue weighted by molar-refractivity contribution is -0.184. The van der Waals surface area contributed by atoms with Gasteiger partial charge in [0.25, 0.3) is 0 Å². The molecule has 20 heavy (non-hydrogen) atoms. The number of methoxy groups -OCH3 is 1. The van der Waals surface area contributed by atoms with Crippen molar-refractivity contribution >= 4 is 0 Å². The third-order valence-corrected chi connectivity index (χ3v) is 5.79. The van der Waals surface area contributed by atoms with Gasteiger partial charge in [-0.2, -0.15) is 0 Å². The first-order valence-electron chi connectivity index (χ1n) is 8.13. The monoisotopic (exact) mass is 284 g/mol. The van der Waals surface area contributed by atoms with Gasteiger partial charge in [0.2, 0.25) is 0 Å². The van der Waals surface area contributed by atoms with Gasteiger partial charge in [0.1, 0.15) is 0 Å². The Morgan fingerprint density at radius 1 is 1.00 bits per heavy atom. The Balaban J connectivity index is 1.64. The fraction of sp³-hybridized carbons (Fsp3) is 1.00. The summed E-state index contributed by atoms with van der Waals surface area (Å²) in [6.45, 7) is 2.40. The fourth-order valence-electron chi connectivity index (χ4n) is 4.31. The Kier molecular flexibility index (Phi) is 4.37. The maximum Gasteiger partial charge on any atom is 0.0730 e. The van der Waals surface area contributed by atoms with E-state index in [-0.39, 0.29) is 5.60 Å². The second-order valence-electron chi connectivity index (χ2n) is 6.87. The van der Waals surface area contributed by atoms with Gasteiger partial charge in [-0.05, 0) is 57.3 Å². The summed E-state index contributed by atoms with van der Waals surface area (Å²) in [5, 5.41) is 11.1. The molecule has 0 bridgehead atoms. The van der Waals surface area contributed by atoms with Crippen LogP contribution in [0, 0.1) is 5.92 Å². The van der Waals surface area contributed by atoms with Crippen LogP contribution in [-0.2, 0) is 14.2 Å². The van der Waals surface area contributed by atoms with Crippen LogP contribution >= 0.6 is 0 Å². The summed E-state index contributed by atoms with van der Waals surface area (Å²) < 4.78 is 17.0. The molecule has 0 radical (unpaired) electrons. The minimum Gasteiger partial charge on any atom is -0.390 e. The Hall–Kier alpha value is -0.160. The largest absolute Gasteiger partial charge is 0.390 e. The van der Waals surface area contributed by atoms with Crippen LogP contribution < -0.4 is 0 Å². The minimum atomic E-state index is -0.496. The van der Waals surface area contributed by atoms with Gasteiger partial charge < -0.3 is 19.3 Å². The molecule has 1 N–H and O–H groups in total. The third kappa shape index (κ3) is 2.89. The molecule has 1 aliphatic carbocycles. The van der Waals surface area contributed by atoms with E-state index in [0.29, 0.717) is 12.0 Å². The molecule has 0 aromatic carbocycles. The van der Waals surface area contributed by atoms with E-state index in [2.05, 4.69) is 0 Å². The molecule has 2 aliphatic heterocycles. The standard InChI is InChI=1S/C16H28O4/c1-18-14-2-5-16(17,6-3-14)13-4-9-20-15(12-13)7-10-19-11-8-15/h13-14,17H,2-12H2,1H3. The molecular formula is C16H28O4. The van der Waals surface area contributed by atoms with Crippen LogP contribution in [0.2, 0.25) is 0 Å². The molecule has 0 amide bonds. The van der Waals surface area contributed by atoms with E-state index in [1.54, 1.807) is 7.11 Å². The number of rotatable bonds is 2. The first-order chi connectivity index (χ1) is 9.66. The van der Waals surface area contributed by atoms with E-state index in [1.807, 2.05) is 0 Å². The van der Waals surface area contributed by atoms with E-state index in [4.69, 9.17) is 14.2 Å². The summed E-state index contributed by atoms with van der Waals surface area (Å²) in [7, 11) is 1.78. The van der Waals surface area contributed by atoms with E-state index >= 15 is 0 Å². The average Bonchev–Trinajstić information content (AvgIpc) is 2.49. The van der Waals surface area contributed by atoms with Crippen LogP contribution in [0.3, 0.4) is 0 Å². The lowest BCUT2D eigenvalue weighted by atomic mass is 9.67. The number of ether oxygens (including phenoxy) is 3. The van der Waals surface area contributed by atoms with Gasteiger partial charge in [-0.1, -0.05) is 0 Å². The highest BCUT2D eigenvalue weighted by Crippen LogP contribution is 2.46. The van der Waals surface area contributed by atoms with E-state index in [9.17, 15) is 5.11 Å². The summed E-state index contributed by atoms with van der Waals surface area (Å²) in [4.78, 5) is 0. The van der Waals surface area contributed by atoms with Crippen LogP contribution in [0.4, 0.5) is 0 Å². The van der Waals surface area contributed by atoms with Gasteiger partial charge in [-0.25, -0.2) is 0 Å². The second kappa shape index (κ2) is 5.91. The van der Waals surface area contributed by atoms with Crippen molar-refractivity contribution in [2.45, 2.75) is 68.7 Å². The molecule has 1 atom stereocenters. The summed E-state index contributed by atoms with van der Waals surface area (Å²) >= 11 is 0. The van der Waals surface area contributed by atoms with Crippen molar-refractivity contribution in [2.75, 3.05) is 26.9 Å². The predicted octanol–water partition coefficient (Wildman–Crippen LogP) is 2.28. The van der Waals surface area contributed by atoms with Crippen molar-refractivity contribution in [3.05, 3.63) is 0 Å². The highest BCUT2D eigenvalue weighted by atomic mass is 16.5. The lowest BCUT2D eigenvalue weighted by Gasteiger charge is -2.49. The average molecular weight is 284 g/mol. The van der Waals surface area contributed by atoms with Crippen molar-refractivity contribution in [2.24, 2.45) is 5.92 Å².